The number of aromatic nitrogens is 1. The fourth-order valence-corrected chi connectivity index (χ4v) is 4.87. The van der Waals surface area contributed by atoms with Crippen molar-refractivity contribution in [2.75, 3.05) is 32.9 Å². The Bertz CT molecular complexity index is 932. The highest BCUT2D eigenvalue weighted by atomic mass is 32.1. The number of phenolic OH excluding ortho intramolecular Hbond substituents is 1. The molecule has 1 atom stereocenters. The van der Waals surface area contributed by atoms with Crippen molar-refractivity contribution >= 4 is 21.6 Å². The van der Waals surface area contributed by atoms with Gasteiger partial charge in [0.25, 0.3) is 0 Å². The molecule has 0 unspecified atom stereocenters. The highest BCUT2D eigenvalue weighted by molar-refractivity contribution is 7.21. The first-order valence-electron chi connectivity index (χ1n) is 9.41. The zero-order valence-electron chi connectivity index (χ0n) is 15.1. The van der Waals surface area contributed by atoms with Crippen LogP contribution >= 0.6 is 11.3 Å². The van der Waals surface area contributed by atoms with E-state index in [4.69, 9.17) is 14.5 Å². The molecule has 0 spiro atoms. The molecular formula is C21H22N2O3S. The first-order chi connectivity index (χ1) is 13.3. The summed E-state index contributed by atoms with van der Waals surface area (Å²) in [5.41, 5.74) is 2.97. The number of hydrogen-bond donors (Lipinski definition) is 1. The minimum Gasteiger partial charge on any atom is -0.504 e. The molecule has 2 aliphatic heterocycles. The highest BCUT2D eigenvalue weighted by Crippen LogP contribution is 2.39. The lowest BCUT2D eigenvalue weighted by molar-refractivity contribution is 0.159. The molecule has 0 bridgehead atoms. The Labute approximate surface area is 162 Å². The van der Waals surface area contributed by atoms with Crippen LogP contribution in [0.3, 0.4) is 0 Å². The van der Waals surface area contributed by atoms with E-state index in [1.807, 2.05) is 18.2 Å². The molecule has 5 nitrogen and oxygen atoms in total. The summed E-state index contributed by atoms with van der Waals surface area (Å²) in [6.07, 6.45) is 1.13. The molecule has 140 valence electrons. The zero-order valence-corrected chi connectivity index (χ0v) is 15.9. The number of benzene rings is 2. The molecule has 3 aromatic rings. The number of nitrogens with zero attached hydrogens (tertiary/aromatic N) is 2. The van der Waals surface area contributed by atoms with E-state index >= 15 is 0 Å². The summed E-state index contributed by atoms with van der Waals surface area (Å²) in [7, 11) is 0. The topological polar surface area (TPSA) is 54.8 Å². The SMILES string of the molecule is Oc1cc(-c2nc3ccccc3s2)cc2c1OCCN(C[C@H]1CCOC1)C2. The largest absolute Gasteiger partial charge is 0.504 e. The first kappa shape index (κ1) is 17.0. The molecule has 5 rings (SSSR count). The molecular weight excluding hydrogens is 360 g/mol. The molecule has 1 fully saturated rings. The van der Waals surface area contributed by atoms with Gasteiger partial charge >= 0.3 is 0 Å². The van der Waals surface area contributed by atoms with E-state index in [0.717, 1.165) is 65.6 Å². The van der Waals surface area contributed by atoms with Crippen molar-refractivity contribution in [3.8, 4) is 22.1 Å². The number of thiazole rings is 1. The fraction of sp³-hybridized carbons (Fsp3) is 0.381. The molecule has 2 aromatic carbocycles. The molecule has 1 saturated heterocycles. The van der Waals surface area contributed by atoms with Crippen LogP contribution in [0.5, 0.6) is 11.5 Å². The lowest BCUT2D eigenvalue weighted by Crippen LogP contribution is -2.31. The molecule has 1 N–H and O–H groups in total. The first-order valence-corrected chi connectivity index (χ1v) is 10.2. The van der Waals surface area contributed by atoms with Crippen LogP contribution in [-0.2, 0) is 11.3 Å². The van der Waals surface area contributed by atoms with Crippen molar-refractivity contribution in [3.63, 3.8) is 0 Å². The maximum absolute atomic E-state index is 10.6. The third-order valence-corrected chi connectivity index (χ3v) is 6.36. The van der Waals surface area contributed by atoms with Gasteiger partial charge in [0.1, 0.15) is 11.6 Å². The van der Waals surface area contributed by atoms with Crippen LogP contribution < -0.4 is 4.74 Å². The van der Waals surface area contributed by atoms with Gasteiger partial charge in [0, 0.05) is 37.4 Å². The Morgan fingerprint density at radius 3 is 3.00 bits per heavy atom. The van der Waals surface area contributed by atoms with Crippen LogP contribution in [0.2, 0.25) is 0 Å². The van der Waals surface area contributed by atoms with Crippen molar-refractivity contribution in [3.05, 3.63) is 42.0 Å². The van der Waals surface area contributed by atoms with E-state index in [2.05, 4.69) is 17.0 Å². The van der Waals surface area contributed by atoms with Gasteiger partial charge in [-0.2, -0.15) is 0 Å². The second kappa shape index (κ2) is 7.11. The van der Waals surface area contributed by atoms with Gasteiger partial charge in [-0.15, -0.1) is 11.3 Å². The lowest BCUT2D eigenvalue weighted by Gasteiger charge is -2.22. The van der Waals surface area contributed by atoms with Crippen LogP contribution in [0.1, 0.15) is 12.0 Å². The fourth-order valence-electron chi connectivity index (χ4n) is 3.92. The monoisotopic (exact) mass is 382 g/mol. The summed E-state index contributed by atoms with van der Waals surface area (Å²) >= 11 is 1.65. The summed E-state index contributed by atoms with van der Waals surface area (Å²) < 4.78 is 12.6. The summed E-state index contributed by atoms with van der Waals surface area (Å²) in [5.74, 6) is 1.41. The minimum atomic E-state index is 0.202. The molecule has 0 aliphatic carbocycles. The molecule has 6 heteroatoms. The van der Waals surface area contributed by atoms with E-state index in [-0.39, 0.29) is 5.75 Å². The molecule has 0 amide bonds. The van der Waals surface area contributed by atoms with Crippen LogP contribution in [0, 0.1) is 5.92 Å². The molecule has 0 saturated carbocycles. The predicted octanol–water partition coefficient (Wildman–Crippen LogP) is 3.90. The number of aromatic hydroxyl groups is 1. The van der Waals surface area contributed by atoms with Gasteiger partial charge in [-0.05, 0) is 36.6 Å². The third kappa shape index (κ3) is 3.40. The van der Waals surface area contributed by atoms with Crippen molar-refractivity contribution in [2.45, 2.75) is 13.0 Å². The number of ether oxygens (including phenoxy) is 2. The Morgan fingerprint density at radius 2 is 2.15 bits per heavy atom. The summed E-state index contributed by atoms with van der Waals surface area (Å²) in [4.78, 5) is 7.14. The van der Waals surface area contributed by atoms with Crippen LogP contribution in [0.15, 0.2) is 36.4 Å². The van der Waals surface area contributed by atoms with Gasteiger partial charge in [-0.1, -0.05) is 12.1 Å². The Balaban J connectivity index is 1.47. The third-order valence-electron chi connectivity index (χ3n) is 5.28. The van der Waals surface area contributed by atoms with E-state index < -0.39 is 0 Å². The van der Waals surface area contributed by atoms with Gasteiger partial charge in [0.15, 0.2) is 11.5 Å². The number of hydrogen-bond acceptors (Lipinski definition) is 6. The van der Waals surface area contributed by atoms with Crippen molar-refractivity contribution in [1.29, 1.82) is 0 Å². The van der Waals surface area contributed by atoms with Crippen LogP contribution in [0.4, 0.5) is 0 Å². The molecule has 3 heterocycles. The highest BCUT2D eigenvalue weighted by Gasteiger charge is 2.24. The number of phenols is 1. The maximum Gasteiger partial charge on any atom is 0.165 e. The quantitative estimate of drug-likeness (QED) is 0.745. The summed E-state index contributed by atoms with van der Waals surface area (Å²) in [6, 6.07) is 12.0. The van der Waals surface area contributed by atoms with Gasteiger partial charge in [0.05, 0.1) is 16.8 Å². The van der Waals surface area contributed by atoms with Gasteiger partial charge in [-0.25, -0.2) is 4.98 Å². The van der Waals surface area contributed by atoms with E-state index in [0.29, 0.717) is 18.3 Å². The van der Waals surface area contributed by atoms with Gasteiger partial charge in [0.2, 0.25) is 0 Å². The maximum atomic E-state index is 10.6. The Hall–Kier alpha value is -2.15. The predicted molar refractivity (Wildman–Crippen MR) is 106 cm³/mol. The molecule has 0 radical (unpaired) electrons. The van der Waals surface area contributed by atoms with Crippen LogP contribution in [-0.4, -0.2) is 47.9 Å². The van der Waals surface area contributed by atoms with Gasteiger partial charge < -0.3 is 14.6 Å². The number of para-hydroxylation sites is 1. The average molecular weight is 382 g/mol. The zero-order chi connectivity index (χ0) is 18.2. The number of fused-ring (bicyclic) bond motifs is 2. The normalized spacial score (nSPS) is 20.4. The smallest absolute Gasteiger partial charge is 0.165 e. The lowest BCUT2D eigenvalue weighted by atomic mass is 10.1. The van der Waals surface area contributed by atoms with E-state index in [1.165, 1.54) is 0 Å². The molecule has 1 aromatic heterocycles. The van der Waals surface area contributed by atoms with E-state index in [9.17, 15) is 5.11 Å². The average Bonchev–Trinajstić information content (AvgIpc) is 3.28. The summed E-state index contributed by atoms with van der Waals surface area (Å²) in [6.45, 7) is 4.96. The molecule has 27 heavy (non-hydrogen) atoms. The van der Waals surface area contributed by atoms with Crippen molar-refractivity contribution in [2.24, 2.45) is 5.92 Å². The van der Waals surface area contributed by atoms with E-state index in [1.54, 1.807) is 17.4 Å². The Morgan fingerprint density at radius 1 is 1.22 bits per heavy atom. The second-order valence-corrected chi connectivity index (χ2v) is 8.31. The summed E-state index contributed by atoms with van der Waals surface area (Å²) in [5, 5.41) is 11.5. The van der Waals surface area contributed by atoms with Crippen molar-refractivity contribution in [1.82, 2.24) is 9.88 Å². The van der Waals surface area contributed by atoms with Crippen molar-refractivity contribution < 1.29 is 14.6 Å². The second-order valence-electron chi connectivity index (χ2n) is 7.28. The minimum absolute atomic E-state index is 0.202. The number of rotatable bonds is 3. The van der Waals surface area contributed by atoms with Crippen LogP contribution in [0.25, 0.3) is 20.8 Å². The van der Waals surface area contributed by atoms with Gasteiger partial charge in [-0.3, -0.25) is 4.90 Å². The standard InChI is InChI=1S/C21H22N2O3S/c24-18-10-15(21-22-17-3-1-2-4-19(17)27-21)9-16-12-23(6-8-26-20(16)18)11-14-5-7-25-13-14/h1-4,9-10,14,24H,5-8,11-13H2/t14-/m1/s1. The molecule has 2 aliphatic rings. The Kier molecular flexibility index (Phi) is 4.47.